The molecule has 328 valence electrons. The topological polar surface area (TPSA) is 94.1 Å². The summed E-state index contributed by atoms with van der Waals surface area (Å²) in [5, 5.41) is 0. The van der Waals surface area contributed by atoms with Crippen LogP contribution in [-0.4, -0.2) is 70.7 Å². The van der Waals surface area contributed by atoms with Gasteiger partial charge >= 0.3 is 5.97 Å². The summed E-state index contributed by atoms with van der Waals surface area (Å²) >= 11 is 0. The summed E-state index contributed by atoms with van der Waals surface area (Å²) in [5.41, 5.74) is 0. The van der Waals surface area contributed by atoms with E-state index in [4.69, 9.17) is 18.5 Å². The van der Waals surface area contributed by atoms with Gasteiger partial charge in [-0.2, -0.15) is 0 Å². The number of quaternary nitrogens is 1. The third-order valence-electron chi connectivity index (χ3n) is 9.60. The highest BCUT2D eigenvalue weighted by Gasteiger charge is 2.20. The molecule has 8 nitrogen and oxygen atoms in total. The number of ether oxygens (including phenoxy) is 2. The second kappa shape index (κ2) is 40.2. The van der Waals surface area contributed by atoms with E-state index in [0.29, 0.717) is 24.1 Å². The van der Waals surface area contributed by atoms with Crippen molar-refractivity contribution in [1.29, 1.82) is 0 Å². The number of esters is 1. The molecule has 0 aromatic heterocycles. The zero-order valence-electron chi connectivity index (χ0n) is 37.1. The summed E-state index contributed by atoms with van der Waals surface area (Å²) in [4.78, 5) is 25.1. The summed E-state index contributed by atoms with van der Waals surface area (Å²) in [6.07, 6.45) is 48.3. The SMILES string of the molecule is CCCC/C=C\C/C=C\CCCCCCCC(=O)OC(COCCCCCCCCCCCC/C=C\C/C=C\CCCCC)COP(=O)([O-])OCC[N+](C)(C)C. The van der Waals surface area contributed by atoms with Gasteiger partial charge in [-0.1, -0.05) is 159 Å². The zero-order chi connectivity index (χ0) is 41.3. The van der Waals surface area contributed by atoms with E-state index in [-0.39, 0.29) is 25.8 Å². The molecular weight excluding hydrogens is 721 g/mol. The number of phosphoric acid groups is 1. The van der Waals surface area contributed by atoms with Crippen LogP contribution in [0, 0.1) is 0 Å². The third kappa shape index (κ3) is 43.6. The first-order valence-electron chi connectivity index (χ1n) is 22.9. The molecule has 0 spiro atoms. The van der Waals surface area contributed by atoms with Crippen LogP contribution in [0.4, 0.5) is 0 Å². The van der Waals surface area contributed by atoms with Crippen LogP contribution in [0.5, 0.6) is 0 Å². The molecule has 0 saturated carbocycles. The standard InChI is InChI=1S/C47H88NO7P/c1-6-8-10-12-14-16-18-20-22-23-24-25-26-27-29-31-33-35-37-39-42-52-44-46(45-54-56(50,51)53-43-41-48(3,4)5)55-47(49)40-38-36-34-32-30-28-21-19-17-15-13-11-9-7-2/h13-16,19-22,46H,6-12,17-18,23-45H2,1-5H3/b15-13-,16-14-,21-19-,22-20-. The van der Waals surface area contributed by atoms with Gasteiger partial charge in [0, 0.05) is 13.0 Å². The van der Waals surface area contributed by atoms with Crippen LogP contribution in [0.1, 0.15) is 187 Å². The highest BCUT2D eigenvalue weighted by molar-refractivity contribution is 7.45. The van der Waals surface area contributed by atoms with E-state index in [1.54, 1.807) is 0 Å². The van der Waals surface area contributed by atoms with Crippen LogP contribution < -0.4 is 4.89 Å². The van der Waals surface area contributed by atoms with Gasteiger partial charge in [-0.15, -0.1) is 0 Å². The van der Waals surface area contributed by atoms with Gasteiger partial charge in [-0.3, -0.25) is 9.36 Å². The Morgan fingerprint density at radius 1 is 0.554 bits per heavy atom. The molecule has 0 aliphatic rings. The molecule has 0 heterocycles. The van der Waals surface area contributed by atoms with E-state index in [1.807, 2.05) is 21.1 Å². The molecule has 2 unspecified atom stereocenters. The number of likely N-dealkylation sites (N-methyl/N-ethyl adjacent to an activating group) is 1. The number of carbonyl (C=O) groups excluding carboxylic acids is 1. The molecule has 0 N–H and O–H groups in total. The highest BCUT2D eigenvalue weighted by Crippen LogP contribution is 2.38. The minimum atomic E-state index is -4.53. The van der Waals surface area contributed by atoms with Gasteiger partial charge in [0.05, 0.1) is 34.4 Å². The average molecular weight is 810 g/mol. The maximum Gasteiger partial charge on any atom is 0.306 e. The molecule has 0 amide bonds. The predicted octanol–water partition coefficient (Wildman–Crippen LogP) is 12.9. The molecular formula is C47H88NO7P. The minimum absolute atomic E-state index is 0.0214. The Morgan fingerprint density at radius 2 is 1.00 bits per heavy atom. The summed E-state index contributed by atoms with van der Waals surface area (Å²) in [7, 11) is 1.34. The first-order valence-corrected chi connectivity index (χ1v) is 24.3. The van der Waals surface area contributed by atoms with E-state index < -0.39 is 13.9 Å². The normalized spacial score (nSPS) is 14.2. The first kappa shape index (κ1) is 54.5. The molecule has 0 radical (unpaired) electrons. The number of nitrogens with zero attached hydrogens (tertiary/aromatic N) is 1. The van der Waals surface area contributed by atoms with Gasteiger partial charge in [-0.25, -0.2) is 0 Å². The lowest BCUT2D eigenvalue weighted by Crippen LogP contribution is -2.37. The van der Waals surface area contributed by atoms with Crippen molar-refractivity contribution >= 4 is 13.8 Å². The molecule has 0 rings (SSSR count). The zero-order valence-corrected chi connectivity index (χ0v) is 38.0. The van der Waals surface area contributed by atoms with Crippen molar-refractivity contribution in [2.24, 2.45) is 0 Å². The number of hydrogen-bond donors (Lipinski definition) is 0. The Labute approximate surface area is 346 Å². The van der Waals surface area contributed by atoms with Crippen LogP contribution in [0.3, 0.4) is 0 Å². The maximum absolute atomic E-state index is 12.7. The lowest BCUT2D eigenvalue weighted by Gasteiger charge is -2.28. The summed E-state index contributed by atoms with van der Waals surface area (Å²) in [6, 6.07) is 0. The second-order valence-corrected chi connectivity index (χ2v) is 17.8. The Hall–Kier alpha value is -1.54. The van der Waals surface area contributed by atoms with Crippen molar-refractivity contribution < 1.29 is 37.3 Å². The molecule has 0 aromatic rings. The number of allylic oxidation sites excluding steroid dienone is 8. The molecule has 56 heavy (non-hydrogen) atoms. The Kier molecular flexibility index (Phi) is 39.1. The predicted molar refractivity (Wildman–Crippen MR) is 236 cm³/mol. The van der Waals surface area contributed by atoms with Crippen molar-refractivity contribution in [1.82, 2.24) is 0 Å². The van der Waals surface area contributed by atoms with Crippen molar-refractivity contribution in [3.05, 3.63) is 48.6 Å². The van der Waals surface area contributed by atoms with Crippen LogP contribution in [0.2, 0.25) is 0 Å². The fourth-order valence-corrected chi connectivity index (χ4v) is 6.73. The quantitative estimate of drug-likeness (QED) is 0.0199. The van der Waals surface area contributed by atoms with E-state index in [0.717, 1.165) is 64.2 Å². The molecule has 0 aliphatic heterocycles. The molecule has 0 saturated heterocycles. The highest BCUT2D eigenvalue weighted by atomic mass is 31.2. The largest absolute Gasteiger partial charge is 0.756 e. The summed E-state index contributed by atoms with van der Waals surface area (Å²) in [5.74, 6) is -0.350. The molecule has 0 aromatic carbocycles. The average Bonchev–Trinajstić information content (AvgIpc) is 3.15. The Balaban J connectivity index is 4.21. The van der Waals surface area contributed by atoms with Crippen LogP contribution >= 0.6 is 7.82 Å². The van der Waals surface area contributed by atoms with Crippen LogP contribution in [0.25, 0.3) is 0 Å². The lowest BCUT2D eigenvalue weighted by molar-refractivity contribution is -0.870. The number of rotatable bonds is 42. The monoisotopic (exact) mass is 810 g/mol. The number of unbranched alkanes of at least 4 members (excludes halogenated alkanes) is 20. The maximum atomic E-state index is 12.7. The molecule has 0 aliphatic carbocycles. The number of carbonyl (C=O) groups is 1. The molecule has 0 fully saturated rings. The fraction of sp³-hybridized carbons (Fsp3) is 0.809. The van der Waals surface area contributed by atoms with Gasteiger partial charge in [0.1, 0.15) is 19.3 Å². The molecule has 9 heteroatoms. The first-order chi connectivity index (χ1) is 27.1. The smallest absolute Gasteiger partial charge is 0.306 e. The minimum Gasteiger partial charge on any atom is -0.756 e. The summed E-state index contributed by atoms with van der Waals surface area (Å²) < 4.78 is 34.6. The van der Waals surface area contributed by atoms with Gasteiger partial charge in [0.15, 0.2) is 0 Å². The van der Waals surface area contributed by atoms with E-state index in [1.165, 1.54) is 103 Å². The van der Waals surface area contributed by atoms with Gasteiger partial charge in [-0.05, 0) is 70.6 Å². The molecule has 2 atom stereocenters. The van der Waals surface area contributed by atoms with Crippen molar-refractivity contribution in [2.45, 2.75) is 193 Å². The van der Waals surface area contributed by atoms with E-state index >= 15 is 0 Å². The fourth-order valence-electron chi connectivity index (χ4n) is 6.00. The van der Waals surface area contributed by atoms with Crippen molar-refractivity contribution in [2.75, 3.05) is 54.1 Å². The Bertz CT molecular complexity index is 1040. The second-order valence-electron chi connectivity index (χ2n) is 16.4. The number of phosphoric ester groups is 1. The van der Waals surface area contributed by atoms with E-state index in [9.17, 15) is 14.3 Å². The van der Waals surface area contributed by atoms with Crippen molar-refractivity contribution in [3.8, 4) is 0 Å². The van der Waals surface area contributed by atoms with E-state index in [2.05, 4.69) is 62.5 Å². The van der Waals surface area contributed by atoms with Crippen LogP contribution in [-0.2, 0) is 27.9 Å². The van der Waals surface area contributed by atoms with Gasteiger partial charge in [0.25, 0.3) is 7.82 Å². The van der Waals surface area contributed by atoms with Crippen molar-refractivity contribution in [3.63, 3.8) is 0 Å². The summed E-state index contributed by atoms with van der Waals surface area (Å²) in [6.45, 7) is 5.32. The van der Waals surface area contributed by atoms with Gasteiger partial charge < -0.3 is 27.9 Å². The Morgan fingerprint density at radius 3 is 1.50 bits per heavy atom. The number of hydrogen-bond acceptors (Lipinski definition) is 7. The lowest BCUT2D eigenvalue weighted by atomic mass is 10.1. The van der Waals surface area contributed by atoms with Crippen LogP contribution in [0.15, 0.2) is 48.6 Å². The molecule has 0 bridgehead atoms. The third-order valence-corrected chi connectivity index (χ3v) is 10.6. The van der Waals surface area contributed by atoms with Gasteiger partial charge in [0.2, 0.25) is 0 Å².